The minimum Gasteiger partial charge on any atom is -0.493 e. The Labute approximate surface area is 125 Å². The number of nitro benzene ring substituents is 1. The summed E-state index contributed by atoms with van der Waals surface area (Å²) in [6.07, 6.45) is 0.468. The number of ether oxygens (including phenoxy) is 2. The molecule has 2 aromatic carbocycles. The van der Waals surface area contributed by atoms with E-state index in [4.69, 9.17) is 9.47 Å². The molecule has 0 N–H and O–H groups in total. The zero-order valence-electron chi connectivity index (χ0n) is 11.6. The fourth-order valence-electron chi connectivity index (χ4n) is 1.87. The van der Waals surface area contributed by atoms with E-state index in [0.717, 1.165) is 6.07 Å². The van der Waals surface area contributed by atoms with Gasteiger partial charge in [0.15, 0.2) is 5.75 Å². The first-order chi connectivity index (χ1) is 10.6. The maximum absolute atomic E-state index is 13.6. The average molecular weight is 305 g/mol. The van der Waals surface area contributed by atoms with E-state index in [1.165, 1.54) is 31.4 Å². The van der Waals surface area contributed by atoms with E-state index in [1.54, 1.807) is 6.07 Å². The minimum atomic E-state index is -0.688. The summed E-state index contributed by atoms with van der Waals surface area (Å²) in [6.45, 7) is -0.204. The first-order valence-corrected chi connectivity index (χ1v) is 6.24. The van der Waals surface area contributed by atoms with Crippen LogP contribution in [0.25, 0.3) is 0 Å². The summed E-state index contributed by atoms with van der Waals surface area (Å²) < 4.78 is 23.9. The molecular weight excluding hydrogens is 293 g/mol. The summed E-state index contributed by atoms with van der Waals surface area (Å²) in [6, 6.07) is 8.32. The first-order valence-electron chi connectivity index (χ1n) is 6.24. The van der Waals surface area contributed by atoms with Gasteiger partial charge in [-0.2, -0.15) is 0 Å². The largest absolute Gasteiger partial charge is 0.493 e. The maximum atomic E-state index is 13.6. The van der Waals surface area contributed by atoms with Crippen molar-refractivity contribution in [2.24, 2.45) is 0 Å². The normalized spacial score (nSPS) is 10.1. The van der Waals surface area contributed by atoms with Crippen molar-refractivity contribution in [3.63, 3.8) is 0 Å². The van der Waals surface area contributed by atoms with Crippen molar-refractivity contribution in [2.75, 3.05) is 7.11 Å². The molecule has 2 aromatic rings. The van der Waals surface area contributed by atoms with Crippen molar-refractivity contribution in [3.8, 4) is 11.5 Å². The molecule has 0 heterocycles. The van der Waals surface area contributed by atoms with Crippen LogP contribution < -0.4 is 9.47 Å². The highest BCUT2D eigenvalue weighted by Crippen LogP contribution is 2.38. The molecule has 6 nitrogen and oxygen atoms in total. The van der Waals surface area contributed by atoms with Crippen LogP contribution in [-0.4, -0.2) is 18.3 Å². The van der Waals surface area contributed by atoms with Gasteiger partial charge in [0.25, 0.3) is 0 Å². The number of rotatable bonds is 6. The van der Waals surface area contributed by atoms with Crippen LogP contribution in [0.5, 0.6) is 11.5 Å². The monoisotopic (exact) mass is 305 g/mol. The van der Waals surface area contributed by atoms with Crippen LogP contribution in [0.1, 0.15) is 15.9 Å². The fraction of sp³-hybridized carbons (Fsp3) is 0.133. The highest BCUT2D eigenvalue weighted by molar-refractivity contribution is 5.79. The summed E-state index contributed by atoms with van der Waals surface area (Å²) >= 11 is 0. The zero-order chi connectivity index (χ0) is 16.1. The third-order valence-corrected chi connectivity index (χ3v) is 2.94. The molecule has 0 atom stereocenters. The number of hydrogen-bond donors (Lipinski definition) is 0. The molecule has 0 aliphatic heterocycles. The van der Waals surface area contributed by atoms with Crippen LogP contribution in [0.15, 0.2) is 36.4 Å². The van der Waals surface area contributed by atoms with Gasteiger partial charge in [-0.05, 0) is 12.1 Å². The lowest BCUT2D eigenvalue weighted by atomic mass is 10.2. The maximum Gasteiger partial charge on any atom is 0.315 e. The number of hydrogen-bond acceptors (Lipinski definition) is 5. The molecule has 7 heteroatoms. The third kappa shape index (κ3) is 3.20. The molecule has 0 bridgehead atoms. The third-order valence-electron chi connectivity index (χ3n) is 2.94. The Morgan fingerprint density at radius 3 is 2.64 bits per heavy atom. The number of halogens is 1. The molecule has 0 saturated carbocycles. The van der Waals surface area contributed by atoms with Gasteiger partial charge in [0, 0.05) is 17.2 Å². The number of methoxy groups -OCH3 is 1. The van der Waals surface area contributed by atoms with E-state index in [1.807, 2.05) is 0 Å². The van der Waals surface area contributed by atoms with Crippen LogP contribution in [0.2, 0.25) is 0 Å². The molecule has 0 fully saturated rings. The molecule has 0 amide bonds. The standard InChI is InChI=1S/C15H12FNO5/c1-21-14-7-10(8-18)6-13(17(19)20)15(14)22-9-11-4-2-3-5-12(11)16/h2-8H,9H2,1H3. The Morgan fingerprint density at radius 2 is 2.05 bits per heavy atom. The minimum absolute atomic E-state index is 0.0349. The Bertz CT molecular complexity index is 717. The highest BCUT2D eigenvalue weighted by Gasteiger charge is 2.22. The number of carbonyl (C=O) groups is 1. The van der Waals surface area contributed by atoms with Gasteiger partial charge in [0.05, 0.1) is 12.0 Å². The van der Waals surface area contributed by atoms with Gasteiger partial charge in [-0.25, -0.2) is 4.39 Å². The van der Waals surface area contributed by atoms with Gasteiger partial charge in [-0.15, -0.1) is 0 Å². The van der Waals surface area contributed by atoms with Crippen LogP contribution >= 0.6 is 0 Å². The van der Waals surface area contributed by atoms with E-state index >= 15 is 0 Å². The zero-order valence-corrected chi connectivity index (χ0v) is 11.6. The number of benzene rings is 2. The molecule has 0 saturated heterocycles. The van der Waals surface area contributed by atoms with E-state index in [-0.39, 0.29) is 29.2 Å². The molecule has 0 aromatic heterocycles. The van der Waals surface area contributed by atoms with Gasteiger partial charge in [-0.3, -0.25) is 14.9 Å². The Balaban J connectivity index is 2.38. The second kappa shape index (κ2) is 6.66. The summed E-state index contributed by atoms with van der Waals surface area (Å²) in [5, 5.41) is 11.1. The van der Waals surface area contributed by atoms with Gasteiger partial charge >= 0.3 is 5.69 Å². The lowest BCUT2D eigenvalue weighted by Crippen LogP contribution is -2.03. The fourth-order valence-corrected chi connectivity index (χ4v) is 1.87. The Hall–Kier alpha value is -2.96. The average Bonchev–Trinajstić information content (AvgIpc) is 2.53. The van der Waals surface area contributed by atoms with E-state index in [9.17, 15) is 19.3 Å². The van der Waals surface area contributed by atoms with Crippen molar-refractivity contribution in [2.45, 2.75) is 6.61 Å². The van der Waals surface area contributed by atoms with Crippen LogP contribution in [0, 0.1) is 15.9 Å². The molecule has 0 spiro atoms. The Kier molecular flexibility index (Phi) is 4.67. The molecule has 0 radical (unpaired) electrons. The molecule has 0 unspecified atom stereocenters. The SMILES string of the molecule is COc1cc(C=O)cc([N+](=O)[O-])c1OCc1ccccc1F. The summed E-state index contributed by atoms with van der Waals surface area (Å²) in [5.74, 6) is -0.595. The van der Waals surface area contributed by atoms with Crippen molar-refractivity contribution in [3.05, 3.63) is 63.5 Å². The molecule has 2 rings (SSSR count). The molecule has 22 heavy (non-hydrogen) atoms. The van der Waals surface area contributed by atoms with Gasteiger partial charge in [-0.1, -0.05) is 18.2 Å². The highest BCUT2D eigenvalue weighted by atomic mass is 19.1. The van der Waals surface area contributed by atoms with Crippen LogP contribution in [-0.2, 0) is 6.61 Å². The number of aldehydes is 1. The van der Waals surface area contributed by atoms with Gasteiger partial charge in [0.1, 0.15) is 18.7 Å². The van der Waals surface area contributed by atoms with E-state index < -0.39 is 16.4 Å². The van der Waals surface area contributed by atoms with Crippen molar-refractivity contribution in [1.82, 2.24) is 0 Å². The lowest BCUT2D eigenvalue weighted by Gasteiger charge is -2.12. The molecular formula is C15H12FNO5. The quantitative estimate of drug-likeness (QED) is 0.465. The molecule has 0 aliphatic carbocycles. The number of nitro groups is 1. The Morgan fingerprint density at radius 1 is 1.32 bits per heavy atom. The van der Waals surface area contributed by atoms with Crippen LogP contribution in [0.3, 0.4) is 0 Å². The second-order valence-electron chi connectivity index (χ2n) is 4.33. The first kappa shape index (κ1) is 15.4. The van der Waals surface area contributed by atoms with Crippen LogP contribution in [0.4, 0.5) is 10.1 Å². The summed E-state index contributed by atoms with van der Waals surface area (Å²) in [7, 11) is 1.30. The number of nitrogens with zero attached hydrogens (tertiary/aromatic N) is 1. The number of carbonyl (C=O) groups excluding carboxylic acids is 1. The van der Waals surface area contributed by atoms with Crippen molar-refractivity contribution in [1.29, 1.82) is 0 Å². The van der Waals surface area contributed by atoms with Gasteiger partial charge in [0.2, 0.25) is 5.75 Å². The second-order valence-corrected chi connectivity index (χ2v) is 4.33. The molecule has 0 aliphatic rings. The smallest absolute Gasteiger partial charge is 0.315 e. The van der Waals surface area contributed by atoms with Gasteiger partial charge < -0.3 is 9.47 Å². The van der Waals surface area contributed by atoms with Crippen molar-refractivity contribution >= 4 is 12.0 Å². The summed E-state index contributed by atoms with van der Waals surface area (Å²) in [4.78, 5) is 21.2. The van der Waals surface area contributed by atoms with Crippen molar-refractivity contribution < 1.29 is 23.6 Å². The van der Waals surface area contributed by atoms with E-state index in [2.05, 4.69) is 0 Å². The predicted molar refractivity (Wildman–Crippen MR) is 75.8 cm³/mol. The predicted octanol–water partition coefficient (Wildman–Crippen LogP) is 3.13. The molecule has 114 valence electrons. The lowest BCUT2D eigenvalue weighted by molar-refractivity contribution is -0.386. The summed E-state index contributed by atoms with van der Waals surface area (Å²) in [5.41, 5.74) is -0.0853. The topological polar surface area (TPSA) is 78.7 Å². The van der Waals surface area contributed by atoms with E-state index in [0.29, 0.717) is 6.29 Å².